The molecule has 3 aliphatic rings. The number of nitrogen functional groups attached to an aromatic ring is 1. The van der Waals surface area contributed by atoms with Crippen LogP contribution < -0.4 is 36.8 Å². The summed E-state index contributed by atoms with van der Waals surface area (Å²) < 4.78 is 121. The minimum absolute atomic E-state index is 0. The summed E-state index contributed by atoms with van der Waals surface area (Å²) in [6, 6.07) is 18.7. The molecule has 69 heavy (non-hydrogen) atoms. The molecule has 3 amide bonds. The van der Waals surface area contributed by atoms with Crippen LogP contribution in [0, 0.1) is 43.8 Å². The number of nitrogens with one attached hydrogen (secondary N) is 4. The number of rotatable bonds is 10. The molecule has 3 saturated heterocycles. The zero-order valence-electron chi connectivity index (χ0n) is 36.7. The number of amides is 3. The van der Waals surface area contributed by atoms with Crippen molar-refractivity contribution in [2.75, 3.05) is 74.4 Å². The molecule has 0 aliphatic carbocycles. The maximum Gasteiger partial charge on any atom is 0.471 e. The molecule has 27 heteroatoms. The Labute approximate surface area is 395 Å². The molecule has 3 atom stereocenters. The predicted molar refractivity (Wildman–Crippen MR) is 237 cm³/mol. The van der Waals surface area contributed by atoms with Crippen molar-refractivity contribution in [1.82, 2.24) is 21.3 Å². The quantitative estimate of drug-likeness (QED) is 0.0581. The number of benzene rings is 3. The third-order valence-electron chi connectivity index (χ3n) is 10.6. The first-order valence-electron chi connectivity index (χ1n) is 21.1. The summed E-state index contributed by atoms with van der Waals surface area (Å²) in [5.74, 6) is -6.55. The molecule has 384 valence electrons. The van der Waals surface area contributed by atoms with E-state index in [9.17, 15) is 78.5 Å². The highest BCUT2D eigenvalue weighted by Gasteiger charge is 2.40. The van der Waals surface area contributed by atoms with Crippen LogP contribution >= 0.6 is 12.4 Å². The Morgan fingerprint density at radius 3 is 1.41 bits per heavy atom. The summed E-state index contributed by atoms with van der Waals surface area (Å²) in [7, 11) is 0. The van der Waals surface area contributed by atoms with Gasteiger partial charge in [-0.15, -0.1) is 12.4 Å². The summed E-state index contributed by atoms with van der Waals surface area (Å²) in [6.07, 6.45) is -9.65. The summed E-state index contributed by atoms with van der Waals surface area (Å²) in [5.41, 5.74) is 7.39. The predicted octanol–water partition coefficient (Wildman–Crippen LogP) is 7.47. The molecule has 3 fully saturated rings. The Balaban J connectivity index is 0.000000328. The summed E-state index contributed by atoms with van der Waals surface area (Å²) >= 11 is 0. The van der Waals surface area contributed by atoms with Gasteiger partial charge in [-0.05, 0) is 93.6 Å². The standard InChI is InChI=1S/C14H16F3N3O3.C14H18F3N3O.C8H13F3N2O.C6H4FNO2.ClH/c15-14(16,17)13(21)18-8-10-4-3-7-19(9-10)11-5-1-2-6-12(11)20(22)23;15-14(16,17)13(21)19-8-10-4-3-7-20(9-10)12-6-2-1-5-11(12)18;9-8(10,11)7(14)13-5-6-2-1-3-12-4-6;7-5-3-1-2-4-6(5)8(9)10;/h1-2,5-6,10H,3-4,7-9H2,(H,18,21);1-2,5-6,10H,3-4,7-9,18H2,(H,19,21);6,12H,1-5H2,(H,13,14);1-4H;1H/t2*10-;6-;;/m110../s1. The average molecular weight is 1020 g/mol. The van der Waals surface area contributed by atoms with Crippen molar-refractivity contribution in [2.24, 2.45) is 17.8 Å². The van der Waals surface area contributed by atoms with E-state index in [0.29, 0.717) is 50.4 Å². The number of hydrogen-bond acceptors (Lipinski definition) is 11. The Morgan fingerprint density at radius 1 is 0.609 bits per heavy atom. The third-order valence-corrected chi connectivity index (χ3v) is 10.6. The molecule has 0 aromatic heterocycles. The van der Waals surface area contributed by atoms with Crippen LogP contribution in [0.1, 0.15) is 38.5 Å². The van der Waals surface area contributed by atoms with Gasteiger partial charge in [-0.1, -0.05) is 36.4 Å². The van der Waals surface area contributed by atoms with Gasteiger partial charge in [0.25, 0.3) is 5.69 Å². The van der Waals surface area contributed by atoms with Crippen LogP contribution in [0.15, 0.2) is 72.8 Å². The molecular weight excluding hydrogens is 968 g/mol. The third kappa shape index (κ3) is 20.5. The van der Waals surface area contributed by atoms with Crippen LogP contribution in [-0.4, -0.2) is 105 Å². The molecule has 0 unspecified atom stereocenters. The second kappa shape index (κ2) is 27.7. The van der Waals surface area contributed by atoms with Crippen LogP contribution in [0.25, 0.3) is 0 Å². The molecule has 3 heterocycles. The summed E-state index contributed by atoms with van der Waals surface area (Å²) in [4.78, 5) is 55.8. The number of nitrogens with two attached hydrogens (primary N) is 1. The maximum absolute atomic E-state index is 12.4. The van der Waals surface area contributed by atoms with E-state index in [1.807, 2.05) is 34.1 Å². The lowest BCUT2D eigenvalue weighted by atomic mass is 9.97. The number of nitrogens with zero attached hydrogens (tertiary/aromatic N) is 4. The van der Waals surface area contributed by atoms with Crippen LogP contribution in [-0.2, 0) is 14.4 Å². The van der Waals surface area contributed by atoms with E-state index in [2.05, 4.69) is 10.2 Å². The second-order valence-corrected chi connectivity index (χ2v) is 15.8. The first-order valence-corrected chi connectivity index (χ1v) is 21.1. The second-order valence-electron chi connectivity index (χ2n) is 15.8. The molecule has 0 radical (unpaired) electrons. The molecule has 0 spiro atoms. The normalized spacial score (nSPS) is 18.1. The molecule has 16 nitrogen and oxygen atoms in total. The van der Waals surface area contributed by atoms with Gasteiger partial charge >= 0.3 is 41.9 Å². The first kappa shape index (κ1) is 58.9. The van der Waals surface area contributed by atoms with Gasteiger partial charge in [0.15, 0.2) is 0 Å². The topological polar surface area (TPSA) is 218 Å². The zero-order chi connectivity index (χ0) is 50.7. The smallest absolute Gasteiger partial charge is 0.397 e. The Hall–Kier alpha value is -6.18. The van der Waals surface area contributed by atoms with Gasteiger partial charge in [0.05, 0.1) is 21.2 Å². The monoisotopic (exact) mass is 1020 g/mol. The van der Waals surface area contributed by atoms with Crippen LogP contribution in [0.2, 0.25) is 0 Å². The Bertz CT molecular complexity index is 2130. The fraction of sp³-hybridized carbons (Fsp3) is 0.500. The number of nitro benzene ring substituents is 2. The lowest BCUT2D eigenvalue weighted by Crippen LogP contribution is -2.44. The number of piperidine rings is 3. The largest absolute Gasteiger partial charge is 0.471 e. The van der Waals surface area contributed by atoms with Crippen molar-refractivity contribution in [1.29, 1.82) is 0 Å². The van der Waals surface area contributed by atoms with Gasteiger partial charge in [0, 0.05) is 57.9 Å². The van der Waals surface area contributed by atoms with Crippen LogP contribution in [0.5, 0.6) is 0 Å². The van der Waals surface area contributed by atoms with Crippen molar-refractivity contribution in [3.8, 4) is 0 Å². The highest BCUT2D eigenvalue weighted by molar-refractivity contribution is 5.85. The highest BCUT2D eigenvalue weighted by atomic mass is 35.5. The van der Waals surface area contributed by atoms with Crippen molar-refractivity contribution in [2.45, 2.75) is 57.1 Å². The maximum atomic E-state index is 12.4. The number of hydrogen-bond donors (Lipinski definition) is 5. The Morgan fingerprint density at radius 2 is 1.00 bits per heavy atom. The number of alkyl halides is 9. The first-order chi connectivity index (χ1) is 31.9. The fourth-order valence-corrected chi connectivity index (χ4v) is 7.27. The number of para-hydroxylation sites is 5. The molecule has 6 rings (SSSR count). The zero-order valence-corrected chi connectivity index (χ0v) is 37.5. The molecule has 6 N–H and O–H groups in total. The van der Waals surface area contributed by atoms with Crippen molar-refractivity contribution < 1.29 is 68.1 Å². The SMILES string of the molecule is Cl.Nc1ccccc1N1CCC[C@H](CNC(=O)C(F)(F)F)C1.O=C(NC[C@H]1CCCN(c2ccccc2[N+](=O)[O-])C1)C(F)(F)F.O=C(NC[C@H]1CCCNC1)C(F)(F)F.O=[N+]([O-])c1ccccc1F. The van der Waals surface area contributed by atoms with Crippen LogP contribution in [0.4, 0.5) is 72.3 Å². The van der Waals surface area contributed by atoms with E-state index in [1.165, 1.54) is 18.2 Å². The lowest BCUT2D eigenvalue weighted by molar-refractivity contribution is -0.387. The minimum Gasteiger partial charge on any atom is -0.397 e. The number of nitro groups is 2. The van der Waals surface area contributed by atoms with Gasteiger partial charge in [0.2, 0.25) is 5.82 Å². The van der Waals surface area contributed by atoms with Crippen molar-refractivity contribution in [3.63, 3.8) is 0 Å². The van der Waals surface area contributed by atoms with Gasteiger partial charge < -0.3 is 36.8 Å². The fourth-order valence-electron chi connectivity index (χ4n) is 7.27. The molecule has 3 aromatic rings. The van der Waals surface area contributed by atoms with E-state index in [0.717, 1.165) is 56.6 Å². The summed E-state index contributed by atoms with van der Waals surface area (Å²) in [6.45, 7) is 3.98. The van der Waals surface area contributed by atoms with Gasteiger partial charge in [-0.3, -0.25) is 34.6 Å². The van der Waals surface area contributed by atoms with Crippen molar-refractivity contribution >= 4 is 58.6 Å². The lowest BCUT2D eigenvalue weighted by Gasteiger charge is -2.35. The highest BCUT2D eigenvalue weighted by Crippen LogP contribution is 2.32. The van der Waals surface area contributed by atoms with E-state index in [1.54, 1.807) is 29.2 Å². The van der Waals surface area contributed by atoms with E-state index < -0.39 is 57.6 Å². The number of carbonyl (C=O) groups is 3. The number of carbonyl (C=O) groups excluding carboxylic acids is 3. The average Bonchev–Trinajstić information content (AvgIpc) is 3.29. The van der Waals surface area contributed by atoms with E-state index in [4.69, 9.17) is 5.73 Å². The molecule has 0 saturated carbocycles. The van der Waals surface area contributed by atoms with Crippen LogP contribution in [0.3, 0.4) is 0 Å². The number of halogens is 11. The van der Waals surface area contributed by atoms with E-state index >= 15 is 0 Å². The molecule has 3 aliphatic heterocycles. The Kier molecular flexibility index (Phi) is 23.7. The van der Waals surface area contributed by atoms with Gasteiger partial charge in [0.1, 0.15) is 5.69 Å². The number of anilines is 3. The molecule has 0 bridgehead atoms. The minimum atomic E-state index is -4.90. The van der Waals surface area contributed by atoms with Gasteiger partial charge in [-0.25, -0.2) is 0 Å². The van der Waals surface area contributed by atoms with E-state index in [-0.39, 0.29) is 55.5 Å². The van der Waals surface area contributed by atoms with Gasteiger partial charge in [-0.2, -0.15) is 43.9 Å². The summed E-state index contributed by atoms with van der Waals surface area (Å²) in [5, 5.41) is 29.8. The molecule has 3 aromatic carbocycles. The van der Waals surface area contributed by atoms with Crippen molar-refractivity contribution in [3.05, 3.63) is 98.8 Å². The molecular formula is C42H52ClF10N9O7.